The zero-order valence-corrected chi connectivity index (χ0v) is 14.3. The van der Waals surface area contributed by atoms with E-state index < -0.39 is 5.91 Å². The molecule has 3 rings (SSSR count). The van der Waals surface area contributed by atoms with E-state index in [0.717, 1.165) is 36.2 Å². The number of aromatic nitrogens is 2. The number of nitrogens with zero attached hydrogens (tertiary/aromatic N) is 3. The van der Waals surface area contributed by atoms with Crippen molar-refractivity contribution in [3.8, 4) is 0 Å². The number of benzene rings is 1. The first-order valence-corrected chi connectivity index (χ1v) is 8.21. The van der Waals surface area contributed by atoms with Gasteiger partial charge in [0.15, 0.2) is 0 Å². The summed E-state index contributed by atoms with van der Waals surface area (Å²) >= 11 is 0. The highest BCUT2D eigenvalue weighted by molar-refractivity contribution is 6.03. The Morgan fingerprint density at radius 3 is 2.48 bits per heavy atom. The van der Waals surface area contributed by atoms with Gasteiger partial charge >= 0.3 is 0 Å². The summed E-state index contributed by atoms with van der Waals surface area (Å²) in [5.41, 5.74) is 1.90. The molecule has 130 valence electrons. The van der Waals surface area contributed by atoms with Crippen molar-refractivity contribution in [1.29, 1.82) is 0 Å². The lowest BCUT2D eigenvalue weighted by Gasteiger charge is -2.16. The van der Waals surface area contributed by atoms with Crippen molar-refractivity contribution in [3.05, 3.63) is 57.5 Å². The van der Waals surface area contributed by atoms with Gasteiger partial charge in [0.2, 0.25) is 0 Å². The third-order valence-corrected chi connectivity index (χ3v) is 4.31. The monoisotopic (exact) mass is 340 g/mol. The second-order valence-electron chi connectivity index (χ2n) is 6.16. The molecule has 2 aromatic rings. The van der Waals surface area contributed by atoms with Gasteiger partial charge in [0.1, 0.15) is 5.69 Å². The molecule has 1 saturated heterocycles. The Kier molecular flexibility index (Phi) is 4.65. The highest BCUT2D eigenvalue weighted by atomic mass is 16.2. The molecule has 0 unspecified atom stereocenters. The van der Waals surface area contributed by atoms with E-state index in [1.807, 2.05) is 11.8 Å². The summed E-state index contributed by atoms with van der Waals surface area (Å²) in [6.45, 7) is 3.44. The van der Waals surface area contributed by atoms with E-state index in [2.05, 4.69) is 10.4 Å². The van der Waals surface area contributed by atoms with Crippen LogP contribution in [0.25, 0.3) is 0 Å². The van der Waals surface area contributed by atoms with E-state index in [4.69, 9.17) is 0 Å². The standard InChI is InChI=1S/C18H20N4O3/c1-12-11-13(18(25)22-9-3-4-10-22)5-6-14(12)19-17(24)15-7-8-16(23)21(2)20-15/h5-8,11H,3-4,9-10H2,1-2H3,(H,19,24). The first-order valence-electron chi connectivity index (χ1n) is 8.21. The maximum absolute atomic E-state index is 12.4. The van der Waals surface area contributed by atoms with Crippen molar-refractivity contribution < 1.29 is 9.59 Å². The number of hydrogen-bond donors (Lipinski definition) is 1. The van der Waals surface area contributed by atoms with Crippen LogP contribution >= 0.6 is 0 Å². The van der Waals surface area contributed by atoms with Crippen LogP contribution in [0.1, 0.15) is 39.3 Å². The lowest BCUT2D eigenvalue weighted by Crippen LogP contribution is -2.27. The molecular formula is C18H20N4O3. The summed E-state index contributed by atoms with van der Waals surface area (Å²) in [7, 11) is 1.49. The van der Waals surface area contributed by atoms with Crippen LogP contribution in [-0.4, -0.2) is 39.6 Å². The normalized spacial score (nSPS) is 13.8. The number of nitrogens with one attached hydrogen (secondary N) is 1. The molecule has 7 nitrogen and oxygen atoms in total. The third kappa shape index (κ3) is 3.60. The molecule has 1 fully saturated rings. The van der Waals surface area contributed by atoms with Crippen LogP contribution in [0.3, 0.4) is 0 Å². The van der Waals surface area contributed by atoms with Gasteiger partial charge in [-0.15, -0.1) is 0 Å². The Morgan fingerprint density at radius 1 is 1.12 bits per heavy atom. The topological polar surface area (TPSA) is 84.3 Å². The number of anilines is 1. The van der Waals surface area contributed by atoms with E-state index in [1.165, 1.54) is 19.2 Å². The number of carbonyl (C=O) groups excluding carboxylic acids is 2. The summed E-state index contributed by atoms with van der Waals surface area (Å²) in [5, 5.41) is 6.70. The Balaban J connectivity index is 1.76. The van der Waals surface area contributed by atoms with Gasteiger partial charge in [-0.3, -0.25) is 14.4 Å². The van der Waals surface area contributed by atoms with Gasteiger partial charge in [0, 0.05) is 37.5 Å². The van der Waals surface area contributed by atoms with E-state index in [-0.39, 0.29) is 17.2 Å². The smallest absolute Gasteiger partial charge is 0.276 e. The van der Waals surface area contributed by atoms with Crippen molar-refractivity contribution in [3.63, 3.8) is 0 Å². The molecule has 25 heavy (non-hydrogen) atoms. The molecule has 1 aromatic carbocycles. The van der Waals surface area contributed by atoms with Crippen molar-refractivity contribution >= 4 is 17.5 Å². The van der Waals surface area contributed by atoms with Crippen LogP contribution in [0.2, 0.25) is 0 Å². The van der Waals surface area contributed by atoms with Crippen molar-refractivity contribution in [2.24, 2.45) is 7.05 Å². The lowest BCUT2D eigenvalue weighted by molar-refractivity contribution is 0.0792. The molecule has 2 heterocycles. The molecule has 0 bridgehead atoms. The maximum atomic E-state index is 12.4. The van der Waals surface area contributed by atoms with Gasteiger partial charge in [0.25, 0.3) is 17.4 Å². The van der Waals surface area contributed by atoms with Crippen molar-refractivity contribution in [2.75, 3.05) is 18.4 Å². The largest absolute Gasteiger partial charge is 0.339 e. The average Bonchev–Trinajstić information content (AvgIpc) is 3.13. The predicted molar refractivity (Wildman–Crippen MR) is 93.7 cm³/mol. The fraction of sp³-hybridized carbons (Fsp3) is 0.333. The van der Waals surface area contributed by atoms with Gasteiger partial charge in [-0.1, -0.05) is 0 Å². The van der Waals surface area contributed by atoms with E-state index in [0.29, 0.717) is 11.3 Å². The fourth-order valence-electron chi connectivity index (χ4n) is 2.85. The second kappa shape index (κ2) is 6.88. The van der Waals surface area contributed by atoms with Crippen molar-refractivity contribution in [1.82, 2.24) is 14.7 Å². The van der Waals surface area contributed by atoms with E-state index >= 15 is 0 Å². The number of amides is 2. The highest BCUT2D eigenvalue weighted by Gasteiger charge is 2.20. The lowest BCUT2D eigenvalue weighted by atomic mass is 10.1. The van der Waals surface area contributed by atoms with Crippen LogP contribution in [0.15, 0.2) is 35.1 Å². The Morgan fingerprint density at radius 2 is 1.84 bits per heavy atom. The molecule has 0 atom stereocenters. The summed E-state index contributed by atoms with van der Waals surface area (Å²) < 4.78 is 1.11. The zero-order valence-electron chi connectivity index (χ0n) is 14.3. The summed E-state index contributed by atoms with van der Waals surface area (Å²) in [6.07, 6.45) is 2.09. The summed E-state index contributed by atoms with van der Waals surface area (Å²) in [4.78, 5) is 37.9. The molecule has 1 aliphatic rings. The van der Waals surface area contributed by atoms with Gasteiger partial charge in [0.05, 0.1) is 0 Å². The molecule has 0 aliphatic carbocycles. The van der Waals surface area contributed by atoms with Gasteiger partial charge < -0.3 is 10.2 Å². The average molecular weight is 340 g/mol. The van der Waals surface area contributed by atoms with Crippen LogP contribution in [-0.2, 0) is 7.05 Å². The number of likely N-dealkylation sites (tertiary alicyclic amines) is 1. The molecule has 0 saturated carbocycles. The second-order valence-corrected chi connectivity index (χ2v) is 6.16. The molecular weight excluding hydrogens is 320 g/mol. The molecule has 1 aromatic heterocycles. The van der Waals surface area contributed by atoms with Gasteiger partial charge in [-0.05, 0) is 49.6 Å². The summed E-state index contributed by atoms with van der Waals surface area (Å²) in [6, 6.07) is 7.91. The van der Waals surface area contributed by atoms with Crippen LogP contribution in [0.4, 0.5) is 5.69 Å². The van der Waals surface area contributed by atoms with Crippen molar-refractivity contribution in [2.45, 2.75) is 19.8 Å². The van der Waals surface area contributed by atoms with Crippen LogP contribution in [0.5, 0.6) is 0 Å². The third-order valence-electron chi connectivity index (χ3n) is 4.31. The Labute approximate surface area is 145 Å². The van der Waals surface area contributed by atoms with Gasteiger partial charge in [-0.2, -0.15) is 5.10 Å². The number of carbonyl (C=O) groups is 2. The molecule has 0 spiro atoms. The molecule has 1 aliphatic heterocycles. The zero-order chi connectivity index (χ0) is 18.0. The molecule has 2 amide bonds. The van der Waals surface area contributed by atoms with Crippen LogP contribution < -0.4 is 10.9 Å². The minimum atomic E-state index is -0.405. The summed E-state index contributed by atoms with van der Waals surface area (Å²) in [5.74, 6) is -0.379. The first kappa shape index (κ1) is 16.9. The molecule has 7 heteroatoms. The first-order chi connectivity index (χ1) is 12.0. The maximum Gasteiger partial charge on any atom is 0.276 e. The van der Waals surface area contributed by atoms with E-state index in [9.17, 15) is 14.4 Å². The van der Waals surface area contributed by atoms with Crippen LogP contribution in [0, 0.1) is 6.92 Å². The van der Waals surface area contributed by atoms with E-state index in [1.54, 1.807) is 18.2 Å². The minimum Gasteiger partial charge on any atom is -0.339 e. The number of aryl methyl sites for hydroxylation is 2. The molecule has 1 N–H and O–H groups in total. The number of hydrogen-bond acceptors (Lipinski definition) is 4. The molecule has 0 radical (unpaired) electrons. The number of rotatable bonds is 3. The predicted octanol–water partition coefficient (Wildman–Crippen LogP) is 1.58. The fourth-order valence-corrected chi connectivity index (χ4v) is 2.85. The quantitative estimate of drug-likeness (QED) is 0.919. The highest BCUT2D eigenvalue weighted by Crippen LogP contribution is 2.20. The minimum absolute atomic E-state index is 0.0261. The Bertz CT molecular complexity index is 882. The van der Waals surface area contributed by atoms with Gasteiger partial charge in [-0.25, -0.2) is 4.68 Å². The SMILES string of the molecule is Cc1cc(C(=O)N2CCCC2)ccc1NC(=O)c1ccc(=O)n(C)n1. The Hall–Kier alpha value is -2.96.